The molecule has 2 rings (SSSR count). The molecule has 0 radical (unpaired) electrons. The predicted molar refractivity (Wildman–Crippen MR) is 66.5 cm³/mol. The topological polar surface area (TPSA) is 46.2 Å². The van der Waals surface area contributed by atoms with Crippen molar-refractivity contribution < 1.29 is 5.11 Å². The highest BCUT2D eigenvalue weighted by Crippen LogP contribution is 2.30. The van der Waals surface area contributed by atoms with Crippen LogP contribution in [0, 0.1) is 0 Å². The predicted octanol–water partition coefficient (Wildman–Crippen LogP) is 2.51. The first-order chi connectivity index (χ1) is 7.57. The summed E-state index contributed by atoms with van der Waals surface area (Å²) in [5, 5.41) is 11.2. The standard InChI is InChI=1S/C13H18ClNO/c14-11-5-3-10(4-6-11)8-13(16)7-1-2-12(15)9-13/h3-6,12,16H,1-2,7-9,15H2. The van der Waals surface area contributed by atoms with Gasteiger partial charge in [-0.05, 0) is 43.4 Å². The van der Waals surface area contributed by atoms with Gasteiger partial charge in [-0.2, -0.15) is 0 Å². The lowest BCUT2D eigenvalue weighted by Crippen LogP contribution is -2.42. The molecule has 0 heterocycles. The molecule has 0 amide bonds. The number of halogens is 1. The van der Waals surface area contributed by atoms with Crippen molar-refractivity contribution in [3.63, 3.8) is 0 Å². The second kappa shape index (κ2) is 4.74. The van der Waals surface area contributed by atoms with Gasteiger partial charge in [-0.3, -0.25) is 0 Å². The second-order valence-electron chi connectivity index (χ2n) is 4.88. The van der Waals surface area contributed by atoms with E-state index < -0.39 is 5.60 Å². The van der Waals surface area contributed by atoms with Crippen LogP contribution in [0.4, 0.5) is 0 Å². The van der Waals surface area contributed by atoms with E-state index in [0.717, 1.165) is 29.8 Å². The van der Waals surface area contributed by atoms with Crippen LogP contribution < -0.4 is 5.73 Å². The molecule has 88 valence electrons. The van der Waals surface area contributed by atoms with E-state index >= 15 is 0 Å². The zero-order chi connectivity index (χ0) is 11.6. The van der Waals surface area contributed by atoms with Gasteiger partial charge in [0, 0.05) is 17.5 Å². The summed E-state index contributed by atoms with van der Waals surface area (Å²) in [5.41, 5.74) is 6.41. The van der Waals surface area contributed by atoms with E-state index in [-0.39, 0.29) is 6.04 Å². The van der Waals surface area contributed by atoms with E-state index in [1.807, 2.05) is 24.3 Å². The molecule has 0 aliphatic heterocycles. The third kappa shape index (κ3) is 2.97. The van der Waals surface area contributed by atoms with E-state index in [9.17, 15) is 5.11 Å². The Kier molecular flexibility index (Phi) is 3.53. The maximum absolute atomic E-state index is 10.5. The van der Waals surface area contributed by atoms with Crippen molar-refractivity contribution in [1.82, 2.24) is 0 Å². The molecule has 3 N–H and O–H groups in total. The fraction of sp³-hybridized carbons (Fsp3) is 0.538. The van der Waals surface area contributed by atoms with Gasteiger partial charge in [-0.25, -0.2) is 0 Å². The van der Waals surface area contributed by atoms with Crippen molar-refractivity contribution in [2.24, 2.45) is 5.73 Å². The maximum atomic E-state index is 10.5. The summed E-state index contributed by atoms with van der Waals surface area (Å²) in [6, 6.07) is 7.82. The molecule has 0 aromatic heterocycles. The average Bonchev–Trinajstić information content (AvgIpc) is 2.21. The number of rotatable bonds is 2. The van der Waals surface area contributed by atoms with E-state index in [0.29, 0.717) is 12.8 Å². The highest BCUT2D eigenvalue weighted by atomic mass is 35.5. The Labute approximate surface area is 101 Å². The van der Waals surface area contributed by atoms with E-state index in [1.54, 1.807) is 0 Å². The van der Waals surface area contributed by atoms with Crippen LogP contribution in [0.1, 0.15) is 31.2 Å². The minimum Gasteiger partial charge on any atom is -0.389 e. The molecular weight excluding hydrogens is 222 g/mol. The van der Waals surface area contributed by atoms with Crippen LogP contribution in [0.5, 0.6) is 0 Å². The Hall–Kier alpha value is -0.570. The molecular formula is C13H18ClNO. The summed E-state index contributed by atoms with van der Waals surface area (Å²) >= 11 is 5.83. The zero-order valence-electron chi connectivity index (χ0n) is 9.32. The molecule has 2 unspecified atom stereocenters. The number of aliphatic hydroxyl groups is 1. The highest BCUT2D eigenvalue weighted by molar-refractivity contribution is 6.30. The van der Waals surface area contributed by atoms with Crippen LogP contribution in [0.2, 0.25) is 5.02 Å². The van der Waals surface area contributed by atoms with Gasteiger partial charge in [0.2, 0.25) is 0 Å². The molecule has 2 nitrogen and oxygen atoms in total. The van der Waals surface area contributed by atoms with Gasteiger partial charge < -0.3 is 10.8 Å². The lowest BCUT2D eigenvalue weighted by atomic mass is 9.78. The first-order valence-corrected chi connectivity index (χ1v) is 6.18. The van der Waals surface area contributed by atoms with Crippen LogP contribution in [-0.4, -0.2) is 16.7 Å². The van der Waals surface area contributed by atoms with Crippen LogP contribution in [0.3, 0.4) is 0 Å². The summed E-state index contributed by atoms with van der Waals surface area (Å²) in [5.74, 6) is 0. The van der Waals surface area contributed by atoms with E-state index in [2.05, 4.69) is 0 Å². The highest BCUT2D eigenvalue weighted by Gasteiger charge is 2.32. The van der Waals surface area contributed by atoms with Gasteiger partial charge in [-0.1, -0.05) is 23.7 Å². The summed E-state index contributed by atoms with van der Waals surface area (Å²) in [6.45, 7) is 0. The first kappa shape index (κ1) is 11.9. The molecule has 2 atom stereocenters. The van der Waals surface area contributed by atoms with Crippen molar-refractivity contribution in [2.45, 2.75) is 43.7 Å². The normalized spacial score (nSPS) is 30.3. The summed E-state index contributed by atoms with van der Waals surface area (Å²) in [4.78, 5) is 0. The van der Waals surface area contributed by atoms with Crippen LogP contribution in [0.15, 0.2) is 24.3 Å². The number of benzene rings is 1. The zero-order valence-corrected chi connectivity index (χ0v) is 10.1. The SMILES string of the molecule is NC1CCCC(O)(Cc2ccc(Cl)cc2)C1. The minimum absolute atomic E-state index is 0.144. The van der Waals surface area contributed by atoms with Crippen molar-refractivity contribution in [1.29, 1.82) is 0 Å². The monoisotopic (exact) mass is 239 g/mol. The second-order valence-corrected chi connectivity index (χ2v) is 5.32. The third-order valence-electron chi connectivity index (χ3n) is 3.31. The van der Waals surface area contributed by atoms with E-state index in [4.69, 9.17) is 17.3 Å². The van der Waals surface area contributed by atoms with E-state index in [1.165, 1.54) is 0 Å². The largest absolute Gasteiger partial charge is 0.389 e. The molecule has 0 bridgehead atoms. The number of hydrogen-bond acceptors (Lipinski definition) is 2. The van der Waals surface area contributed by atoms with Gasteiger partial charge >= 0.3 is 0 Å². The molecule has 1 saturated carbocycles. The molecule has 1 fully saturated rings. The molecule has 1 aromatic rings. The molecule has 0 spiro atoms. The van der Waals surface area contributed by atoms with Crippen LogP contribution >= 0.6 is 11.6 Å². The lowest BCUT2D eigenvalue weighted by molar-refractivity contribution is -0.00190. The van der Waals surface area contributed by atoms with Gasteiger partial charge in [0.15, 0.2) is 0 Å². The van der Waals surface area contributed by atoms with Gasteiger partial charge in [0.1, 0.15) is 0 Å². The summed E-state index contributed by atoms with van der Waals surface area (Å²) in [7, 11) is 0. The number of nitrogens with two attached hydrogens (primary N) is 1. The fourth-order valence-electron chi connectivity index (χ4n) is 2.53. The molecule has 3 heteroatoms. The third-order valence-corrected chi connectivity index (χ3v) is 3.56. The molecule has 16 heavy (non-hydrogen) atoms. The number of hydrogen-bond donors (Lipinski definition) is 2. The fourth-order valence-corrected chi connectivity index (χ4v) is 2.65. The van der Waals surface area contributed by atoms with Gasteiger partial charge in [0.25, 0.3) is 0 Å². The summed E-state index contributed by atoms with van der Waals surface area (Å²) in [6.07, 6.45) is 4.28. The minimum atomic E-state index is -0.620. The lowest BCUT2D eigenvalue weighted by Gasteiger charge is -2.35. The quantitative estimate of drug-likeness (QED) is 0.833. The average molecular weight is 240 g/mol. The van der Waals surface area contributed by atoms with Crippen molar-refractivity contribution in [2.75, 3.05) is 0 Å². The van der Waals surface area contributed by atoms with Crippen LogP contribution in [-0.2, 0) is 6.42 Å². The van der Waals surface area contributed by atoms with Gasteiger partial charge in [-0.15, -0.1) is 0 Å². The Morgan fingerprint density at radius 2 is 2.06 bits per heavy atom. The van der Waals surface area contributed by atoms with Crippen molar-refractivity contribution >= 4 is 11.6 Å². The van der Waals surface area contributed by atoms with Crippen molar-refractivity contribution in [3.8, 4) is 0 Å². The van der Waals surface area contributed by atoms with Crippen LogP contribution in [0.25, 0.3) is 0 Å². The molecule has 0 saturated heterocycles. The smallest absolute Gasteiger partial charge is 0.0702 e. The molecule has 1 aromatic carbocycles. The Morgan fingerprint density at radius 1 is 1.38 bits per heavy atom. The van der Waals surface area contributed by atoms with Crippen molar-refractivity contribution in [3.05, 3.63) is 34.9 Å². The van der Waals surface area contributed by atoms with Gasteiger partial charge in [0.05, 0.1) is 5.60 Å². The summed E-state index contributed by atoms with van der Waals surface area (Å²) < 4.78 is 0. The Morgan fingerprint density at radius 3 is 2.69 bits per heavy atom. The maximum Gasteiger partial charge on any atom is 0.0702 e. The Balaban J connectivity index is 2.05. The first-order valence-electron chi connectivity index (χ1n) is 5.80. The molecule has 1 aliphatic rings. The molecule has 1 aliphatic carbocycles. The Bertz CT molecular complexity index is 351.